The molecule has 0 bridgehead atoms. The van der Waals surface area contributed by atoms with E-state index < -0.39 is 4.92 Å². The molecule has 1 aliphatic heterocycles. The largest absolute Gasteiger partial charge is 0.379 e. The molecule has 2 rings (SSSR count). The van der Waals surface area contributed by atoms with Gasteiger partial charge >= 0.3 is 0 Å². The summed E-state index contributed by atoms with van der Waals surface area (Å²) in [6.07, 6.45) is 1.91. The van der Waals surface area contributed by atoms with Crippen molar-refractivity contribution in [2.75, 3.05) is 18.5 Å². The summed E-state index contributed by atoms with van der Waals surface area (Å²) in [6, 6.07) is 4.62. The Balaban J connectivity index is 2.17. The highest BCUT2D eigenvalue weighted by Gasteiger charge is 2.19. The number of hydrogen-bond donors (Lipinski definition) is 1. The van der Waals surface area contributed by atoms with Gasteiger partial charge in [-0.3, -0.25) is 10.1 Å². The van der Waals surface area contributed by atoms with E-state index in [1.807, 2.05) is 0 Å². The first-order valence-corrected chi connectivity index (χ1v) is 5.83. The molecule has 92 valence electrons. The van der Waals surface area contributed by atoms with Crippen LogP contribution in [0.2, 0.25) is 5.02 Å². The van der Waals surface area contributed by atoms with Gasteiger partial charge < -0.3 is 10.1 Å². The molecular weight excluding hydrogens is 244 g/mol. The van der Waals surface area contributed by atoms with Gasteiger partial charge in [0.05, 0.1) is 11.5 Å². The van der Waals surface area contributed by atoms with Gasteiger partial charge in [-0.1, -0.05) is 11.6 Å². The molecule has 1 N–H and O–H groups in total. The smallest absolute Gasteiger partial charge is 0.292 e. The molecule has 0 saturated carbocycles. The molecule has 1 fully saturated rings. The summed E-state index contributed by atoms with van der Waals surface area (Å²) in [4.78, 5) is 10.5. The summed E-state index contributed by atoms with van der Waals surface area (Å²) in [6.45, 7) is 1.33. The third-order valence-corrected chi connectivity index (χ3v) is 2.91. The Morgan fingerprint density at radius 1 is 1.53 bits per heavy atom. The zero-order valence-electron chi connectivity index (χ0n) is 9.19. The molecule has 0 amide bonds. The van der Waals surface area contributed by atoms with E-state index in [4.69, 9.17) is 16.3 Å². The SMILES string of the molecule is O=[N+]([O-])c1ccc(Cl)cc1NC1CCCOC1. The van der Waals surface area contributed by atoms with Crippen LogP contribution in [0.15, 0.2) is 18.2 Å². The molecule has 6 heteroatoms. The maximum atomic E-state index is 10.9. The summed E-state index contributed by atoms with van der Waals surface area (Å²) in [5.41, 5.74) is 0.498. The summed E-state index contributed by atoms with van der Waals surface area (Å²) in [5, 5.41) is 14.5. The maximum Gasteiger partial charge on any atom is 0.292 e. The number of halogens is 1. The van der Waals surface area contributed by atoms with Crippen molar-refractivity contribution in [3.05, 3.63) is 33.3 Å². The van der Waals surface area contributed by atoms with Gasteiger partial charge in [0.1, 0.15) is 5.69 Å². The molecular formula is C11H13ClN2O3. The maximum absolute atomic E-state index is 10.9. The average Bonchev–Trinajstić information content (AvgIpc) is 2.30. The first-order chi connectivity index (χ1) is 8.16. The van der Waals surface area contributed by atoms with Gasteiger partial charge in [-0.25, -0.2) is 0 Å². The van der Waals surface area contributed by atoms with Crippen LogP contribution in [0, 0.1) is 10.1 Å². The Labute approximate surface area is 104 Å². The highest BCUT2D eigenvalue weighted by atomic mass is 35.5. The molecule has 1 saturated heterocycles. The number of nitro groups is 1. The molecule has 5 nitrogen and oxygen atoms in total. The summed E-state index contributed by atoms with van der Waals surface area (Å²) < 4.78 is 5.32. The molecule has 1 unspecified atom stereocenters. The zero-order valence-corrected chi connectivity index (χ0v) is 9.94. The first kappa shape index (κ1) is 12.1. The van der Waals surface area contributed by atoms with Crippen LogP contribution in [-0.4, -0.2) is 24.2 Å². The number of ether oxygens (including phenoxy) is 1. The van der Waals surface area contributed by atoms with Crippen LogP contribution < -0.4 is 5.32 Å². The monoisotopic (exact) mass is 256 g/mol. The van der Waals surface area contributed by atoms with Crippen molar-refractivity contribution in [2.45, 2.75) is 18.9 Å². The van der Waals surface area contributed by atoms with Crippen LogP contribution in [0.3, 0.4) is 0 Å². The van der Waals surface area contributed by atoms with Gasteiger partial charge in [0.2, 0.25) is 0 Å². The van der Waals surface area contributed by atoms with Crippen molar-refractivity contribution in [1.29, 1.82) is 0 Å². The quantitative estimate of drug-likeness (QED) is 0.667. The van der Waals surface area contributed by atoms with Crippen LogP contribution in [0.5, 0.6) is 0 Å². The second-order valence-corrected chi connectivity index (χ2v) is 4.41. The van der Waals surface area contributed by atoms with Crippen molar-refractivity contribution in [1.82, 2.24) is 0 Å². The van der Waals surface area contributed by atoms with E-state index in [1.165, 1.54) is 12.1 Å². The Morgan fingerprint density at radius 2 is 2.35 bits per heavy atom. The fourth-order valence-corrected chi connectivity index (χ4v) is 2.03. The predicted octanol–water partition coefficient (Wildman–Crippen LogP) is 2.84. The molecule has 0 spiro atoms. The number of nitrogens with zero attached hydrogens (tertiary/aromatic N) is 1. The summed E-state index contributed by atoms with van der Waals surface area (Å²) in [5.74, 6) is 0. The molecule has 0 radical (unpaired) electrons. The number of nitro benzene ring substituents is 1. The highest BCUT2D eigenvalue weighted by molar-refractivity contribution is 6.31. The van der Waals surface area contributed by atoms with Crippen molar-refractivity contribution < 1.29 is 9.66 Å². The van der Waals surface area contributed by atoms with E-state index in [1.54, 1.807) is 6.07 Å². The normalized spacial score (nSPS) is 19.9. The van der Waals surface area contributed by atoms with Gasteiger partial charge in [-0.05, 0) is 25.0 Å². The number of nitrogens with one attached hydrogen (secondary N) is 1. The molecule has 1 aromatic carbocycles. The van der Waals surface area contributed by atoms with E-state index in [0.29, 0.717) is 17.3 Å². The van der Waals surface area contributed by atoms with Crippen molar-refractivity contribution in [3.8, 4) is 0 Å². The van der Waals surface area contributed by atoms with E-state index in [9.17, 15) is 10.1 Å². The zero-order chi connectivity index (χ0) is 12.3. The molecule has 1 atom stereocenters. The van der Waals surface area contributed by atoms with Gasteiger partial charge in [0.25, 0.3) is 5.69 Å². The van der Waals surface area contributed by atoms with E-state index in [2.05, 4.69) is 5.32 Å². The fourth-order valence-electron chi connectivity index (χ4n) is 1.86. The minimum Gasteiger partial charge on any atom is -0.379 e. The fraction of sp³-hybridized carbons (Fsp3) is 0.455. The number of rotatable bonds is 3. The number of anilines is 1. The van der Waals surface area contributed by atoms with Crippen molar-refractivity contribution in [3.63, 3.8) is 0 Å². The Hall–Kier alpha value is -1.33. The minimum absolute atomic E-state index is 0.0416. The molecule has 17 heavy (non-hydrogen) atoms. The van der Waals surface area contributed by atoms with Crippen LogP contribution in [-0.2, 0) is 4.74 Å². The van der Waals surface area contributed by atoms with Crippen molar-refractivity contribution >= 4 is 23.0 Å². The standard InChI is InChI=1S/C11H13ClN2O3/c12-8-3-4-11(14(15)16)10(6-8)13-9-2-1-5-17-7-9/h3-4,6,9,13H,1-2,5,7H2. The predicted molar refractivity (Wildman–Crippen MR) is 65.6 cm³/mol. The van der Waals surface area contributed by atoms with Gasteiger partial charge in [-0.15, -0.1) is 0 Å². The van der Waals surface area contributed by atoms with E-state index >= 15 is 0 Å². The van der Waals surface area contributed by atoms with Crippen LogP contribution >= 0.6 is 11.6 Å². The molecule has 0 aliphatic carbocycles. The second kappa shape index (κ2) is 5.33. The lowest BCUT2D eigenvalue weighted by atomic mass is 10.1. The van der Waals surface area contributed by atoms with Crippen molar-refractivity contribution in [2.24, 2.45) is 0 Å². The van der Waals surface area contributed by atoms with Gasteiger partial charge in [0, 0.05) is 23.7 Å². The average molecular weight is 257 g/mol. The third kappa shape index (κ3) is 3.08. The van der Waals surface area contributed by atoms with Crippen LogP contribution in [0.25, 0.3) is 0 Å². The minimum atomic E-state index is -0.414. The van der Waals surface area contributed by atoms with E-state index in [0.717, 1.165) is 19.4 Å². The Kier molecular flexibility index (Phi) is 3.81. The summed E-state index contributed by atoms with van der Waals surface area (Å²) in [7, 11) is 0. The lowest BCUT2D eigenvalue weighted by molar-refractivity contribution is -0.384. The van der Waals surface area contributed by atoms with Gasteiger partial charge in [-0.2, -0.15) is 0 Å². The van der Waals surface area contributed by atoms with Crippen LogP contribution in [0.4, 0.5) is 11.4 Å². The number of hydrogen-bond acceptors (Lipinski definition) is 4. The molecule has 1 aliphatic rings. The van der Waals surface area contributed by atoms with Crippen LogP contribution in [0.1, 0.15) is 12.8 Å². The van der Waals surface area contributed by atoms with E-state index in [-0.39, 0.29) is 11.7 Å². The lowest BCUT2D eigenvalue weighted by Crippen LogP contribution is -2.30. The second-order valence-electron chi connectivity index (χ2n) is 3.98. The Morgan fingerprint density at radius 3 is 3.00 bits per heavy atom. The molecule has 1 heterocycles. The number of benzene rings is 1. The molecule has 0 aromatic heterocycles. The first-order valence-electron chi connectivity index (χ1n) is 5.45. The Bertz CT molecular complexity index is 419. The highest BCUT2D eigenvalue weighted by Crippen LogP contribution is 2.29. The topological polar surface area (TPSA) is 64.4 Å². The third-order valence-electron chi connectivity index (χ3n) is 2.68. The molecule has 1 aromatic rings. The summed E-state index contributed by atoms with van der Waals surface area (Å²) >= 11 is 5.85. The van der Waals surface area contributed by atoms with Gasteiger partial charge in [0.15, 0.2) is 0 Å². The lowest BCUT2D eigenvalue weighted by Gasteiger charge is -2.24.